The van der Waals surface area contributed by atoms with E-state index >= 15 is 0 Å². The third-order valence-corrected chi connectivity index (χ3v) is 1.63. The van der Waals surface area contributed by atoms with Crippen molar-refractivity contribution < 1.29 is 9.90 Å². The first-order valence-electron chi connectivity index (χ1n) is 4.63. The van der Waals surface area contributed by atoms with Crippen LogP contribution >= 0.6 is 0 Å². The molecule has 0 spiro atoms. The van der Waals surface area contributed by atoms with Gasteiger partial charge in [-0.2, -0.15) is 0 Å². The van der Waals surface area contributed by atoms with Crippen molar-refractivity contribution in [3.8, 4) is 11.8 Å². The molecule has 1 aromatic heterocycles. The highest BCUT2D eigenvalue weighted by Crippen LogP contribution is 2.04. The Labute approximate surface area is 88.3 Å². The lowest BCUT2D eigenvalue weighted by atomic mass is 10.3. The van der Waals surface area contributed by atoms with Crippen LogP contribution in [0.3, 0.4) is 0 Å². The maximum absolute atomic E-state index is 11.1. The Morgan fingerprint density at radius 3 is 3.07 bits per heavy atom. The van der Waals surface area contributed by atoms with Crippen LogP contribution in [0.1, 0.15) is 19.0 Å². The number of aliphatic hydroxyl groups is 1. The summed E-state index contributed by atoms with van der Waals surface area (Å²) in [7, 11) is 0. The van der Waals surface area contributed by atoms with Crippen molar-refractivity contribution in [2.75, 3.05) is 11.9 Å². The molecule has 0 aliphatic carbocycles. The van der Waals surface area contributed by atoms with Gasteiger partial charge in [-0.25, -0.2) is 4.98 Å². The standard InChI is InChI=1S/C11H12N2O2/c1-2-11(15)13-10-7-3-5-9(12-10)6-4-8-14/h3,5,7,14H,2,8H2,1H3,(H,12,13,15). The monoisotopic (exact) mass is 204 g/mol. The number of nitrogens with one attached hydrogen (secondary N) is 1. The maximum Gasteiger partial charge on any atom is 0.225 e. The van der Waals surface area contributed by atoms with Gasteiger partial charge in [0.25, 0.3) is 0 Å². The Morgan fingerprint density at radius 1 is 1.60 bits per heavy atom. The number of nitrogens with zero attached hydrogens (tertiary/aromatic N) is 1. The van der Waals surface area contributed by atoms with Gasteiger partial charge < -0.3 is 10.4 Å². The van der Waals surface area contributed by atoms with Crippen LogP contribution in [-0.4, -0.2) is 22.6 Å². The van der Waals surface area contributed by atoms with E-state index in [1.54, 1.807) is 25.1 Å². The fraction of sp³-hybridized carbons (Fsp3) is 0.273. The largest absolute Gasteiger partial charge is 0.384 e. The second kappa shape index (κ2) is 5.78. The van der Waals surface area contributed by atoms with Gasteiger partial charge in [-0.05, 0) is 18.1 Å². The van der Waals surface area contributed by atoms with Crippen LogP contribution in [0.25, 0.3) is 0 Å². The molecule has 4 nitrogen and oxygen atoms in total. The van der Waals surface area contributed by atoms with Crippen LogP contribution in [0, 0.1) is 11.8 Å². The van der Waals surface area contributed by atoms with Gasteiger partial charge >= 0.3 is 0 Å². The molecule has 4 heteroatoms. The summed E-state index contributed by atoms with van der Waals surface area (Å²) in [5, 5.41) is 11.1. The van der Waals surface area contributed by atoms with Crippen LogP contribution in [-0.2, 0) is 4.79 Å². The summed E-state index contributed by atoms with van der Waals surface area (Å²) in [5.74, 6) is 5.54. The predicted molar refractivity (Wildman–Crippen MR) is 57.1 cm³/mol. The molecule has 78 valence electrons. The van der Waals surface area contributed by atoms with Crippen LogP contribution in [0.15, 0.2) is 18.2 Å². The van der Waals surface area contributed by atoms with Crippen LogP contribution < -0.4 is 5.32 Å². The van der Waals surface area contributed by atoms with E-state index in [2.05, 4.69) is 22.1 Å². The van der Waals surface area contributed by atoms with E-state index in [0.717, 1.165) is 0 Å². The molecular formula is C11H12N2O2. The smallest absolute Gasteiger partial charge is 0.225 e. The summed E-state index contributed by atoms with van der Waals surface area (Å²) in [6, 6.07) is 5.15. The van der Waals surface area contributed by atoms with Gasteiger partial charge in [0.05, 0.1) is 0 Å². The molecule has 1 heterocycles. The average molecular weight is 204 g/mol. The lowest BCUT2D eigenvalue weighted by Gasteiger charge is -2.01. The van der Waals surface area contributed by atoms with Crippen LogP contribution in [0.2, 0.25) is 0 Å². The second-order valence-electron chi connectivity index (χ2n) is 2.77. The summed E-state index contributed by atoms with van der Waals surface area (Å²) in [5.41, 5.74) is 0.526. The van der Waals surface area contributed by atoms with Crippen molar-refractivity contribution in [3.63, 3.8) is 0 Å². The van der Waals surface area contributed by atoms with Crippen LogP contribution in [0.5, 0.6) is 0 Å². The number of carbonyl (C=O) groups excluding carboxylic acids is 1. The minimum absolute atomic E-state index is 0.0882. The zero-order chi connectivity index (χ0) is 11.1. The van der Waals surface area contributed by atoms with Gasteiger partial charge in [-0.3, -0.25) is 4.79 Å². The van der Waals surface area contributed by atoms with E-state index in [1.165, 1.54) is 0 Å². The molecule has 0 saturated heterocycles. The fourth-order valence-corrected chi connectivity index (χ4v) is 0.935. The van der Waals surface area contributed by atoms with Crippen molar-refractivity contribution in [1.29, 1.82) is 0 Å². The molecule has 2 N–H and O–H groups in total. The van der Waals surface area contributed by atoms with Crippen molar-refractivity contribution in [2.24, 2.45) is 0 Å². The molecule has 15 heavy (non-hydrogen) atoms. The lowest BCUT2D eigenvalue weighted by molar-refractivity contribution is -0.115. The fourth-order valence-electron chi connectivity index (χ4n) is 0.935. The minimum Gasteiger partial charge on any atom is -0.384 e. The molecule has 0 saturated carbocycles. The van der Waals surface area contributed by atoms with E-state index in [0.29, 0.717) is 17.9 Å². The Bertz CT molecular complexity index is 405. The number of anilines is 1. The van der Waals surface area contributed by atoms with Crippen molar-refractivity contribution in [2.45, 2.75) is 13.3 Å². The molecule has 0 atom stereocenters. The van der Waals surface area contributed by atoms with Gasteiger partial charge in [0, 0.05) is 6.42 Å². The normalized spacial score (nSPS) is 8.93. The maximum atomic E-state index is 11.1. The molecule has 1 rings (SSSR count). The van der Waals surface area contributed by atoms with E-state index in [1.807, 2.05) is 0 Å². The number of pyridine rings is 1. The summed E-state index contributed by atoms with van der Waals surface area (Å²) in [6.45, 7) is 1.57. The van der Waals surface area contributed by atoms with Gasteiger partial charge in [0.2, 0.25) is 5.91 Å². The van der Waals surface area contributed by atoms with E-state index in [-0.39, 0.29) is 12.5 Å². The summed E-state index contributed by atoms with van der Waals surface area (Å²) in [4.78, 5) is 15.2. The number of hydrogen-bond acceptors (Lipinski definition) is 3. The first-order chi connectivity index (χ1) is 7.26. The number of hydrogen-bond donors (Lipinski definition) is 2. The third kappa shape index (κ3) is 3.79. The Hall–Kier alpha value is -1.86. The quantitative estimate of drug-likeness (QED) is 0.699. The van der Waals surface area contributed by atoms with Crippen molar-refractivity contribution >= 4 is 11.7 Å². The molecule has 0 fully saturated rings. The summed E-state index contributed by atoms with van der Waals surface area (Å²) in [6.07, 6.45) is 0.411. The van der Waals surface area contributed by atoms with E-state index < -0.39 is 0 Å². The molecule has 1 aromatic rings. The molecule has 0 bridgehead atoms. The van der Waals surface area contributed by atoms with Crippen molar-refractivity contribution in [3.05, 3.63) is 23.9 Å². The number of rotatable bonds is 2. The average Bonchev–Trinajstić information content (AvgIpc) is 2.26. The van der Waals surface area contributed by atoms with E-state index in [9.17, 15) is 4.79 Å². The highest BCUT2D eigenvalue weighted by Gasteiger charge is 1.99. The third-order valence-electron chi connectivity index (χ3n) is 1.63. The Morgan fingerprint density at radius 2 is 2.40 bits per heavy atom. The molecule has 0 unspecified atom stereocenters. The van der Waals surface area contributed by atoms with Gasteiger partial charge in [0.15, 0.2) is 0 Å². The number of amides is 1. The summed E-state index contributed by atoms with van der Waals surface area (Å²) < 4.78 is 0. The van der Waals surface area contributed by atoms with Crippen molar-refractivity contribution in [1.82, 2.24) is 4.98 Å². The molecule has 0 radical (unpaired) electrons. The number of aromatic nitrogens is 1. The Kier molecular flexibility index (Phi) is 4.32. The second-order valence-corrected chi connectivity index (χ2v) is 2.77. The van der Waals surface area contributed by atoms with Crippen LogP contribution in [0.4, 0.5) is 5.82 Å². The predicted octanol–water partition coefficient (Wildman–Crippen LogP) is 0.774. The highest BCUT2D eigenvalue weighted by molar-refractivity contribution is 5.89. The van der Waals surface area contributed by atoms with Gasteiger partial charge in [-0.15, -0.1) is 0 Å². The first kappa shape index (κ1) is 11.2. The topological polar surface area (TPSA) is 62.2 Å². The number of aliphatic hydroxyl groups excluding tert-OH is 1. The Balaban J connectivity index is 2.78. The zero-order valence-corrected chi connectivity index (χ0v) is 8.45. The highest BCUT2D eigenvalue weighted by atomic mass is 16.2. The molecule has 0 aromatic carbocycles. The van der Waals surface area contributed by atoms with Gasteiger partial charge in [-0.1, -0.05) is 18.9 Å². The zero-order valence-electron chi connectivity index (χ0n) is 8.45. The lowest BCUT2D eigenvalue weighted by Crippen LogP contribution is -2.10. The van der Waals surface area contributed by atoms with Gasteiger partial charge in [0.1, 0.15) is 18.1 Å². The first-order valence-corrected chi connectivity index (χ1v) is 4.63. The minimum atomic E-state index is -0.201. The number of carbonyl (C=O) groups is 1. The molecular weight excluding hydrogens is 192 g/mol. The molecule has 0 aliphatic rings. The summed E-state index contributed by atoms with van der Waals surface area (Å²) >= 11 is 0. The molecule has 0 aliphatic heterocycles. The van der Waals surface area contributed by atoms with E-state index in [4.69, 9.17) is 5.11 Å². The SMILES string of the molecule is CCC(=O)Nc1cccc(C#CCO)n1. The molecule has 1 amide bonds.